The lowest BCUT2D eigenvalue weighted by atomic mass is 9.75. The quantitative estimate of drug-likeness (QED) is 0.685. The summed E-state index contributed by atoms with van der Waals surface area (Å²) >= 11 is 3.39. The number of nitrogens with zero attached hydrogens (tertiary/aromatic N) is 3. The summed E-state index contributed by atoms with van der Waals surface area (Å²) in [5, 5.41) is 0. The van der Waals surface area contributed by atoms with Crippen LogP contribution in [0.2, 0.25) is 0 Å². The molecule has 1 saturated heterocycles. The highest BCUT2D eigenvalue weighted by atomic mass is 79.9. The Bertz CT molecular complexity index is 652. The number of aromatic nitrogens is 2. The van der Waals surface area contributed by atoms with Crippen LogP contribution in [0.5, 0.6) is 0 Å². The third-order valence-corrected chi connectivity index (χ3v) is 4.97. The number of amides is 1. The number of piperidine rings is 1. The lowest BCUT2D eigenvalue weighted by Gasteiger charge is -2.40. The Morgan fingerprint density at radius 3 is 2.38 bits per heavy atom. The molecule has 0 radical (unpaired) electrons. The van der Waals surface area contributed by atoms with E-state index in [1.165, 1.54) is 0 Å². The average Bonchev–Trinajstić information content (AvgIpc) is 2.56. The summed E-state index contributed by atoms with van der Waals surface area (Å²) in [5.74, 6) is -0.249. The normalized spacial score (nSPS) is 16.9. The maximum absolute atomic E-state index is 12.7. The van der Waals surface area contributed by atoms with Crippen molar-refractivity contribution >= 4 is 28.0 Å². The maximum Gasteiger partial charge on any atom is 0.410 e. The highest BCUT2D eigenvalue weighted by Crippen LogP contribution is 2.37. The van der Waals surface area contributed by atoms with Gasteiger partial charge in [-0.3, -0.25) is 9.78 Å². The minimum absolute atomic E-state index is 0.249. The van der Waals surface area contributed by atoms with Crippen molar-refractivity contribution in [3.8, 4) is 0 Å². The van der Waals surface area contributed by atoms with Crippen LogP contribution in [-0.4, -0.2) is 52.2 Å². The molecular formula is C18H26BrN3O4. The predicted octanol–water partition coefficient (Wildman–Crippen LogP) is 3.36. The maximum atomic E-state index is 12.7. The topological polar surface area (TPSA) is 81.6 Å². The molecule has 0 atom stereocenters. The smallest absolute Gasteiger partial charge is 0.410 e. The first-order valence-corrected chi connectivity index (χ1v) is 9.57. The van der Waals surface area contributed by atoms with Gasteiger partial charge in [-0.15, -0.1) is 0 Å². The summed E-state index contributed by atoms with van der Waals surface area (Å²) in [5.41, 5.74) is -0.545. The molecule has 0 bridgehead atoms. The second kappa shape index (κ2) is 8.33. The zero-order chi connectivity index (χ0) is 19.4. The van der Waals surface area contributed by atoms with Gasteiger partial charge in [0.2, 0.25) is 0 Å². The second-order valence-electron chi connectivity index (χ2n) is 7.44. The van der Waals surface area contributed by atoms with Crippen LogP contribution in [0, 0.1) is 5.41 Å². The molecular weight excluding hydrogens is 402 g/mol. The van der Waals surface area contributed by atoms with Crippen LogP contribution in [0.3, 0.4) is 0 Å². The van der Waals surface area contributed by atoms with Crippen molar-refractivity contribution in [2.75, 3.05) is 19.7 Å². The Kier molecular flexibility index (Phi) is 6.60. The van der Waals surface area contributed by atoms with Crippen molar-refractivity contribution in [3.63, 3.8) is 0 Å². The SMILES string of the molecule is CCOC(=O)C1(Cc2nccnc2Br)CCN(C(=O)OC(C)(C)C)CC1. The molecule has 1 aliphatic heterocycles. The number of carbonyl (C=O) groups excluding carboxylic acids is 2. The number of likely N-dealkylation sites (tertiary alicyclic amines) is 1. The van der Waals surface area contributed by atoms with E-state index >= 15 is 0 Å². The summed E-state index contributed by atoms with van der Waals surface area (Å²) in [6.45, 7) is 8.49. The largest absolute Gasteiger partial charge is 0.466 e. The Morgan fingerprint density at radius 1 is 1.23 bits per heavy atom. The first-order chi connectivity index (χ1) is 12.2. The summed E-state index contributed by atoms with van der Waals surface area (Å²) in [6.07, 6.45) is 4.25. The first-order valence-electron chi connectivity index (χ1n) is 8.77. The molecule has 1 amide bonds. The fraction of sp³-hybridized carbons (Fsp3) is 0.667. The van der Waals surface area contributed by atoms with E-state index in [9.17, 15) is 9.59 Å². The fourth-order valence-electron chi connectivity index (χ4n) is 2.97. The molecule has 2 heterocycles. The zero-order valence-corrected chi connectivity index (χ0v) is 17.3. The molecule has 1 aromatic heterocycles. The summed E-state index contributed by atoms with van der Waals surface area (Å²) in [7, 11) is 0. The molecule has 1 fully saturated rings. The molecule has 0 saturated carbocycles. The lowest BCUT2D eigenvalue weighted by Crippen LogP contribution is -2.49. The molecule has 1 aliphatic rings. The van der Waals surface area contributed by atoms with Crippen molar-refractivity contribution in [1.82, 2.24) is 14.9 Å². The number of carbonyl (C=O) groups is 2. The third kappa shape index (κ3) is 5.16. The first kappa shape index (κ1) is 20.6. The van der Waals surface area contributed by atoms with Crippen molar-refractivity contribution in [3.05, 3.63) is 22.7 Å². The van der Waals surface area contributed by atoms with E-state index in [0.29, 0.717) is 49.3 Å². The van der Waals surface area contributed by atoms with Crippen LogP contribution in [0.15, 0.2) is 17.0 Å². The molecule has 0 aromatic carbocycles. The molecule has 8 heteroatoms. The van der Waals surface area contributed by atoms with Gasteiger partial charge in [0.1, 0.15) is 10.2 Å². The molecule has 26 heavy (non-hydrogen) atoms. The average molecular weight is 428 g/mol. The van der Waals surface area contributed by atoms with Gasteiger partial charge in [-0.1, -0.05) is 0 Å². The molecule has 0 spiro atoms. The molecule has 0 N–H and O–H groups in total. The highest BCUT2D eigenvalue weighted by Gasteiger charge is 2.45. The summed E-state index contributed by atoms with van der Waals surface area (Å²) < 4.78 is 11.4. The van der Waals surface area contributed by atoms with Gasteiger partial charge < -0.3 is 14.4 Å². The van der Waals surface area contributed by atoms with Crippen LogP contribution in [-0.2, 0) is 20.7 Å². The Morgan fingerprint density at radius 2 is 1.85 bits per heavy atom. The molecule has 7 nitrogen and oxygen atoms in total. The van der Waals surface area contributed by atoms with Gasteiger partial charge in [0.15, 0.2) is 0 Å². The Hall–Kier alpha value is -1.70. The molecule has 2 rings (SSSR count). The zero-order valence-electron chi connectivity index (χ0n) is 15.7. The fourth-order valence-corrected chi connectivity index (χ4v) is 3.33. The number of rotatable bonds is 4. The minimum Gasteiger partial charge on any atom is -0.466 e. The van der Waals surface area contributed by atoms with Crippen LogP contribution >= 0.6 is 15.9 Å². The van der Waals surface area contributed by atoms with Gasteiger partial charge in [-0.2, -0.15) is 0 Å². The van der Waals surface area contributed by atoms with Gasteiger partial charge in [0.25, 0.3) is 0 Å². The monoisotopic (exact) mass is 427 g/mol. The molecule has 0 unspecified atom stereocenters. The number of halogens is 1. The second-order valence-corrected chi connectivity index (χ2v) is 8.19. The van der Waals surface area contributed by atoms with Crippen LogP contribution in [0.1, 0.15) is 46.2 Å². The predicted molar refractivity (Wildman–Crippen MR) is 99.5 cm³/mol. The molecule has 0 aliphatic carbocycles. The van der Waals surface area contributed by atoms with Crippen LogP contribution in [0.4, 0.5) is 4.79 Å². The van der Waals surface area contributed by atoms with Gasteiger partial charge in [-0.05, 0) is 56.5 Å². The van der Waals surface area contributed by atoms with E-state index in [-0.39, 0.29) is 12.1 Å². The lowest BCUT2D eigenvalue weighted by molar-refractivity contribution is -0.158. The van der Waals surface area contributed by atoms with Crippen LogP contribution in [0.25, 0.3) is 0 Å². The standard InChI is InChI=1S/C18H26BrN3O4/c1-5-25-15(23)18(12-13-14(19)21-9-8-20-13)6-10-22(11-7-18)16(24)26-17(2,3)4/h8-9H,5-7,10-12H2,1-4H3. The Balaban J connectivity index is 2.14. The van der Waals surface area contributed by atoms with Gasteiger partial charge in [0, 0.05) is 31.9 Å². The Labute approximate surface area is 162 Å². The number of ether oxygens (including phenoxy) is 2. The number of hydrogen-bond donors (Lipinski definition) is 0. The van der Waals surface area contributed by atoms with E-state index in [1.807, 2.05) is 20.8 Å². The number of hydrogen-bond acceptors (Lipinski definition) is 6. The van der Waals surface area contributed by atoms with Gasteiger partial charge in [-0.25, -0.2) is 9.78 Å². The van der Waals surface area contributed by atoms with E-state index in [2.05, 4.69) is 25.9 Å². The minimum atomic E-state index is -0.715. The third-order valence-electron chi connectivity index (χ3n) is 4.31. The van der Waals surface area contributed by atoms with E-state index in [4.69, 9.17) is 9.47 Å². The van der Waals surface area contributed by atoms with E-state index in [1.54, 1.807) is 24.2 Å². The number of esters is 1. The van der Waals surface area contributed by atoms with Gasteiger partial charge >= 0.3 is 12.1 Å². The molecule has 144 valence electrons. The van der Waals surface area contributed by atoms with Crippen molar-refractivity contribution in [1.29, 1.82) is 0 Å². The highest BCUT2D eigenvalue weighted by molar-refractivity contribution is 9.10. The van der Waals surface area contributed by atoms with Crippen molar-refractivity contribution < 1.29 is 19.1 Å². The van der Waals surface area contributed by atoms with E-state index in [0.717, 1.165) is 0 Å². The van der Waals surface area contributed by atoms with Crippen molar-refractivity contribution in [2.24, 2.45) is 5.41 Å². The summed E-state index contributed by atoms with van der Waals surface area (Å²) in [6, 6.07) is 0. The molecule has 1 aromatic rings. The van der Waals surface area contributed by atoms with Gasteiger partial charge in [0.05, 0.1) is 17.7 Å². The van der Waals surface area contributed by atoms with E-state index < -0.39 is 11.0 Å². The van der Waals surface area contributed by atoms with Crippen molar-refractivity contribution in [2.45, 2.75) is 52.6 Å². The summed E-state index contributed by atoms with van der Waals surface area (Å²) in [4.78, 5) is 35.2. The van der Waals surface area contributed by atoms with Crippen LogP contribution < -0.4 is 0 Å².